The van der Waals surface area contributed by atoms with Gasteiger partial charge < -0.3 is 30.3 Å². The van der Waals surface area contributed by atoms with Crippen molar-refractivity contribution < 1.29 is 37.7 Å². The summed E-state index contributed by atoms with van der Waals surface area (Å²) in [4.78, 5) is 24.3. The molecule has 286 valence electrons. The highest BCUT2D eigenvalue weighted by atomic mass is 32.2. The summed E-state index contributed by atoms with van der Waals surface area (Å²) in [5, 5.41) is 31.5. The number of fused-ring (bicyclic) bond motifs is 2. The number of carbonyl (C=O) groups excluding carboxylic acids is 1. The van der Waals surface area contributed by atoms with Crippen molar-refractivity contribution in [3.05, 3.63) is 77.2 Å². The fourth-order valence-corrected chi connectivity index (χ4v) is 7.93. The maximum Gasteiger partial charge on any atom is 0.319 e. The summed E-state index contributed by atoms with van der Waals surface area (Å²) in [5.41, 5.74) is 3.68. The van der Waals surface area contributed by atoms with Crippen molar-refractivity contribution in [2.45, 2.75) is 70.1 Å². The van der Waals surface area contributed by atoms with E-state index in [1.807, 2.05) is 67.8 Å². The fourth-order valence-electron chi connectivity index (χ4n) is 7.02. The van der Waals surface area contributed by atoms with Crippen LogP contribution in [0, 0.1) is 0 Å². The quantitative estimate of drug-likeness (QED) is 0.159. The molecule has 3 atom stereocenters. The molecule has 0 bridgehead atoms. The van der Waals surface area contributed by atoms with Gasteiger partial charge in [-0.15, -0.1) is 10.2 Å². The van der Waals surface area contributed by atoms with Crippen LogP contribution in [-0.4, -0.2) is 90.7 Å². The van der Waals surface area contributed by atoms with Crippen molar-refractivity contribution in [2.75, 3.05) is 49.7 Å². The lowest BCUT2D eigenvalue weighted by Gasteiger charge is -2.32. The van der Waals surface area contributed by atoms with Gasteiger partial charge in [-0.3, -0.25) is 18.4 Å². The van der Waals surface area contributed by atoms with Gasteiger partial charge in [0.05, 0.1) is 56.2 Å². The van der Waals surface area contributed by atoms with Crippen molar-refractivity contribution in [3.63, 3.8) is 0 Å². The first-order valence-corrected chi connectivity index (χ1v) is 19.3. The number of rotatable bonds is 10. The molecule has 1 unspecified atom stereocenters. The molecule has 0 saturated carbocycles. The van der Waals surface area contributed by atoms with Gasteiger partial charge in [0.1, 0.15) is 11.9 Å². The van der Waals surface area contributed by atoms with Crippen LogP contribution in [0.4, 0.5) is 16.2 Å². The van der Waals surface area contributed by atoms with E-state index in [9.17, 15) is 18.3 Å². The van der Waals surface area contributed by atoms with Gasteiger partial charge >= 0.3 is 6.03 Å². The molecule has 0 radical (unpaired) electrons. The number of pyridine rings is 1. The standard InChI is InChI=1S/C36H47N7O6S.CH2O2/c1-36(2,3)23-20-28(33(48-5)30(21-23)43(18-19-44)50(6,46)47)38-35(45)37-27-14-15-31(26-11-8-7-10-25(26)27)49-24-13-16-32-39-40-34(42(32)22-24)29-12-9-17-41(29)4;2-1-3/h7-8,10-11,13,16,20-22,27,29,31,44H,9,12,14-15,17-19H2,1-6H3,(H2,37,38,45);1H,(H,2,3)/t27-,29?,31+;/m0./s1. The number of urea groups is 1. The zero-order chi connectivity index (χ0) is 38.5. The number of aliphatic hydroxyl groups excluding tert-OH is 1. The minimum Gasteiger partial charge on any atom is -0.492 e. The Labute approximate surface area is 310 Å². The fraction of sp³-hybridized carbons (Fsp3) is 0.459. The summed E-state index contributed by atoms with van der Waals surface area (Å²) in [5.74, 6) is 1.81. The number of aromatic nitrogens is 3. The van der Waals surface area contributed by atoms with E-state index in [-0.39, 0.29) is 54.7 Å². The van der Waals surface area contributed by atoms with Crippen molar-refractivity contribution in [3.8, 4) is 11.5 Å². The first-order valence-electron chi connectivity index (χ1n) is 17.5. The molecule has 0 spiro atoms. The first kappa shape index (κ1) is 39.3. The predicted molar refractivity (Wildman–Crippen MR) is 201 cm³/mol. The van der Waals surface area contributed by atoms with Crippen LogP contribution in [0.5, 0.6) is 11.5 Å². The highest BCUT2D eigenvalue weighted by Gasteiger charge is 2.32. The topological polar surface area (TPSA) is 188 Å². The maximum absolute atomic E-state index is 13.7. The van der Waals surface area contributed by atoms with E-state index in [2.05, 4.69) is 32.8 Å². The lowest BCUT2D eigenvalue weighted by atomic mass is 9.85. The summed E-state index contributed by atoms with van der Waals surface area (Å²) in [6.07, 6.45) is 6.28. The van der Waals surface area contributed by atoms with E-state index in [0.717, 1.165) is 58.1 Å². The SMILES string of the molecule is COc1c(NC(=O)N[C@H]2CC[C@@H](Oc3ccc4nnc(C5CCCN5C)n4c3)c3ccccc32)cc(C(C)(C)C)cc1N(CCO)S(C)(=O)=O.O=CO. The molecule has 2 aromatic heterocycles. The Morgan fingerprint density at radius 3 is 2.43 bits per heavy atom. The molecular formula is C37H49N7O8S. The molecule has 2 aromatic carbocycles. The van der Waals surface area contributed by atoms with Crippen LogP contribution in [0.15, 0.2) is 54.7 Å². The second-order valence-electron chi connectivity index (χ2n) is 14.2. The second kappa shape index (κ2) is 16.4. The Morgan fingerprint density at radius 2 is 1.81 bits per heavy atom. The summed E-state index contributed by atoms with van der Waals surface area (Å²) in [7, 11) is -0.239. The molecule has 1 aliphatic heterocycles. The molecule has 4 N–H and O–H groups in total. The minimum absolute atomic E-state index is 0.164. The molecule has 1 fully saturated rings. The third kappa shape index (κ3) is 8.83. The normalized spacial score (nSPS) is 18.7. The molecular weight excluding hydrogens is 703 g/mol. The molecule has 6 rings (SSSR count). The molecule has 15 nitrogen and oxygen atoms in total. The number of aliphatic hydroxyl groups is 1. The molecule has 2 aliphatic rings. The monoisotopic (exact) mass is 751 g/mol. The number of sulfonamides is 1. The average molecular weight is 752 g/mol. The third-order valence-electron chi connectivity index (χ3n) is 9.60. The number of hydrogen-bond acceptors (Lipinski definition) is 10. The van der Waals surface area contributed by atoms with Crippen molar-refractivity contribution in [1.29, 1.82) is 0 Å². The number of anilines is 2. The molecule has 1 aliphatic carbocycles. The smallest absolute Gasteiger partial charge is 0.319 e. The summed E-state index contributed by atoms with van der Waals surface area (Å²) in [6.45, 7) is 6.21. The van der Waals surface area contributed by atoms with Crippen LogP contribution in [0.3, 0.4) is 0 Å². The van der Waals surface area contributed by atoms with Crippen molar-refractivity contribution in [1.82, 2.24) is 24.8 Å². The number of hydrogen-bond donors (Lipinski definition) is 4. The van der Waals surface area contributed by atoms with E-state index < -0.39 is 16.1 Å². The number of carbonyl (C=O) groups is 2. The number of likely N-dealkylation sites (tertiary alicyclic amines) is 1. The van der Waals surface area contributed by atoms with Crippen LogP contribution in [0.25, 0.3) is 5.65 Å². The van der Waals surface area contributed by atoms with Gasteiger partial charge in [-0.1, -0.05) is 45.0 Å². The highest BCUT2D eigenvalue weighted by molar-refractivity contribution is 7.92. The first-order chi connectivity index (χ1) is 25.2. The molecule has 2 amide bonds. The van der Waals surface area contributed by atoms with E-state index in [4.69, 9.17) is 19.4 Å². The number of ether oxygens (including phenoxy) is 2. The number of methoxy groups -OCH3 is 1. The molecule has 3 heterocycles. The molecule has 16 heteroatoms. The summed E-state index contributed by atoms with van der Waals surface area (Å²) < 4.78 is 41.0. The van der Waals surface area contributed by atoms with Crippen LogP contribution in [-0.2, 0) is 20.2 Å². The van der Waals surface area contributed by atoms with Gasteiger partial charge in [-0.2, -0.15) is 0 Å². The lowest BCUT2D eigenvalue weighted by Crippen LogP contribution is -2.36. The van der Waals surface area contributed by atoms with Crippen LogP contribution >= 0.6 is 0 Å². The minimum atomic E-state index is -3.78. The Morgan fingerprint density at radius 1 is 1.09 bits per heavy atom. The maximum atomic E-state index is 13.7. The van der Waals surface area contributed by atoms with E-state index in [0.29, 0.717) is 24.3 Å². The van der Waals surface area contributed by atoms with Gasteiger partial charge in [0.25, 0.3) is 6.47 Å². The number of nitrogens with zero attached hydrogens (tertiary/aromatic N) is 5. The van der Waals surface area contributed by atoms with Crippen LogP contribution in [0.1, 0.15) is 87.2 Å². The van der Waals surface area contributed by atoms with Gasteiger partial charge in [-0.05, 0) is 85.6 Å². The Bertz CT molecular complexity index is 2030. The van der Waals surface area contributed by atoms with E-state index >= 15 is 0 Å². The Hall–Kier alpha value is -4.93. The van der Waals surface area contributed by atoms with Gasteiger partial charge in [-0.25, -0.2) is 13.2 Å². The lowest BCUT2D eigenvalue weighted by molar-refractivity contribution is -0.122. The number of nitrogens with one attached hydrogen (secondary N) is 2. The summed E-state index contributed by atoms with van der Waals surface area (Å²) in [6, 6.07) is 14.8. The Balaban J connectivity index is 0.00000175. The van der Waals surface area contributed by atoms with Crippen LogP contribution < -0.4 is 24.4 Å². The van der Waals surface area contributed by atoms with E-state index in [1.165, 1.54) is 7.11 Å². The van der Waals surface area contributed by atoms with Crippen molar-refractivity contribution in [2.24, 2.45) is 0 Å². The van der Waals surface area contributed by atoms with E-state index in [1.54, 1.807) is 12.1 Å². The number of benzene rings is 2. The van der Waals surface area contributed by atoms with Crippen molar-refractivity contribution >= 4 is 39.5 Å². The summed E-state index contributed by atoms with van der Waals surface area (Å²) >= 11 is 0. The number of carboxylic acid groups (broad SMARTS) is 1. The zero-order valence-electron chi connectivity index (χ0n) is 30.9. The van der Waals surface area contributed by atoms with Gasteiger partial charge in [0, 0.05) is 0 Å². The van der Waals surface area contributed by atoms with Gasteiger partial charge in [0.15, 0.2) is 17.2 Å². The highest BCUT2D eigenvalue weighted by Crippen LogP contribution is 2.42. The molecule has 1 saturated heterocycles. The largest absolute Gasteiger partial charge is 0.492 e. The van der Waals surface area contributed by atoms with Crippen LogP contribution in [0.2, 0.25) is 0 Å². The van der Waals surface area contributed by atoms with Gasteiger partial charge in [0.2, 0.25) is 10.0 Å². The third-order valence-corrected chi connectivity index (χ3v) is 10.8. The predicted octanol–water partition coefficient (Wildman–Crippen LogP) is 5.04. The number of amides is 2. The zero-order valence-corrected chi connectivity index (χ0v) is 31.8. The Kier molecular flexibility index (Phi) is 12.1. The second-order valence-corrected chi connectivity index (χ2v) is 16.2. The molecule has 4 aromatic rings. The molecule has 53 heavy (non-hydrogen) atoms. The average Bonchev–Trinajstić information content (AvgIpc) is 3.72.